The number of fused-ring (bicyclic) bond motifs is 1. The molecule has 1 saturated heterocycles. The zero-order chi connectivity index (χ0) is 26.3. The van der Waals surface area contributed by atoms with Gasteiger partial charge in [-0.1, -0.05) is 26.0 Å². The molecule has 0 unspecified atom stereocenters. The standard InChI is InChI=1S/C29H38N4O3/c1-19-16-22(20(2)30-23-11-9-8-10-21(23)27(35)36-28(3,4)5)26-31-24(17-25(34)33(26)18-19)32-14-12-29(6,7)13-15-32/h8-11,16-18,20,30H,12-15H2,1-7H3/t20-/m1/s1. The summed E-state index contributed by atoms with van der Waals surface area (Å²) in [5.41, 5.74) is 3.26. The van der Waals surface area contributed by atoms with Crippen LogP contribution >= 0.6 is 0 Å². The fraction of sp³-hybridized carbons (Fsp3) is 0.483. The van der Waals surface area contributed by atoms with Crippen LogP contribution < -0.4 is 15.8 Å². The third-order valence-corrected chi connectivity index (χ3v) is 6.74. The van der Waals surface area contributed by atoms with Crippen molar-refractivity contribution in [1.82, 2.24) is 9.38 Å². The number of carbonyl (C=O) groups excluding carboxylic acids is 1. The molecule has 1 aliphatic rings. The number of piperidine rings is 1. The number of anilines is 2. The van der Waals surface area contributed by atoms with Crippen molar-refractivity contribution in [2.24, 2.45) is 5.41 Å². The van der Waals surface area contributed by atoms with Crippen LogP contribution in [-0.4, -0.2) is 34.0 Å². The maximum atomic E-state index is 13.1. The average molecular weight is 491 g/mol. The van der Waals surface area contributed by atoms with Crippen LogP contribution in [0.3, 0.4) is 0 Å². The van der Waals surface area contributed by atoms with E-state index in [1.165, 1.54) is 0 Å². The highest BCUT2D eigenvalue weighted by Gasteiger charge is 2.27. The third-order valence-electron chi connectivity index (χ3n) is 6.74. The summed E-state index contributed by atoms with van der Waals surface area (Å²) in [6.45, 7) is 15.9. The number of pyridine rings is 1. The van der Waals surface area contributed by atoms with E-state index in [0.29, 0.717) is 22.3 Å². The van der Waals surface area contributed by atoms with Crippen molar-refractivity contribution in [3.63, 3.8) is 0 Å². The van der Waals surface area contributed by atoms with Crippen molar-refractivity contribution in [2.45, 2.75) is 73.0 Å². The van der Waals surface area contributed by atoms with Crippen molar-refractivity contribution in [3.05, 3.63) is 69.6 Å². The molecule has 1 fully saturated rings. The summed E-state index contributed by atoms with van der Waals surface area (Å²) in [5.74, 6) is 0.346. The van der Waals surface area contributed by atoms with Gasteiger partial charge < -0.3 is 15.0 Å². The number of rotatable bonds is 5. The predicted octanol–water partition coefficient (Wildman–Crippen LogP) is 5.76. The summed E-state index contributed by atoms with van der Waals surface area (Å²) in [6, 6.07) is 10.8. The molecule has 1 N–H and O–H groups in total. The van der Waals surface area contributed by atoms with Gasteiger partial charge in [0.25, 0.3) is 5.56 Å². The van der Waals surface area contributed by atoms with Crippen molar-refractivity contribution in [2.75, 3.05) is 23.3 Å². The van der Waals surface area contributed by atoms with E-state index in [2.05, 4.69) is 30.1 Å². The second-order valence-corrected chi connectivity index (χ2v) is 11.7. The van der Waals surface area contributed by atoms with Crippen molar-refractivity contribution in [3.8, 4) is 0 Å². The molecule has 7 heteroatoms. The Morgan fingerprint density at radius 3 is 2.47 bits per heavy atom. The Hall–Kier alpha value is -3.35. The van der Waals surface area contributed by atoms with Gasteiger partial charge in [-0.05, 0) is 76.6 Å². The first kappa shape index (κ1) is 25.7. The first-order chi connectivity index (χ1) is 16.8. The van der Waals surface area contributed by atoms with Crippen LogP contribution in [-0.2, 0) is 4.74 Å². The molecule has 3 aromatic rings. The highest BCUT2D eigenvalue weighted by Crippen LogP contribution is 2.32. The second-order valence-electron chi connectivity index (χ2n) is 11.7. The Morgan fingerprint density at radius 2 is 1.81 bits per heavy atom. The van der Waals surface area contributed by atoms with Gasteiger partial charge in [0.15, 0.2) is 0 Å². The molecule has 2 aromatic heterocycles. The molecule has 0 saturated carbocycles. The molecule has 4 rings (SSSR count). The Balaban J connectivity index is 1.70. The summed E-state index contributed by atoms with van der Waals surface area (Å²) in [5, 5.41) is 3.47. The zero-order valence-corrected chi connectivity index (χ0v) is 22.5. The van der Waals surface area contributed by atoms with Crippen LogP contribution in [0.4, 0.5) is 11.5 Å². The van der Waals surface area contributed by atoms with Gasteiger partial charge in [0.2, 0.25) is 0 Å². The van der Waals surface area contributed by atoms with Crippen LogP contribution in [0, 0.1) is 12.3 Å². The Morgan fingerprint density at radius 1 is 1.14 bits per heavy atom. The minimum absolute atomic E-state index is 0.0915. The highest BCUT2D eigenvalue weighted by molar-refractivity contribution is 5.96. The molecule has 192 valence electrons. The minimum atomic E-state index is -0.590. The molecule has 1 aromatic carbocycles. The van der Waals surface area contributed by atoms with Gasteiger partial charge in [0.1, 0.15) is 17.1 Å². The van der Waals surface area contributed by atoms with E-state index in [0.717, 1.165) is 42.9 Å². The van der Waals surface area contributed by atoms with Crippen molar-refractivity contribution >= 4 is 23.1 Å². The molecule has 7 nitrogen and oxygen atoms in total. The van der Waals surface area contributed by atoms with Gasteiger partial charge in [-0.2, -0.15) is 0 Å². The van der Waals surface area contributed by atoms with Crippen LogP contribution in [0.15, 0.2) is 47.4 Å². The van der Waals surface area contributed by atoms with Gasteiger partial charge >= 0.3 is 5.97 Å². The third kappa shape index (κ3) is 5.72. The van der Waals surface area contributed by atoms with Crippen LogP contribution in [0.5, 0.6) is 0 Å². The number of hydrogen-bond acceptors (Lipinski definition) is 6. The number of esters is 1. The Kier molecular flexibility index (Phi) is 6.86. The quantitative estimate of drug-likeness (QED) is 0.459. The summed E-state index contributed by atoms with van der Waals surface area (Å²) in [7, 11) is 0. The fourth-order valence-electron chi connectivity index (χ4n) is 4.61. The average Bonchev–Trinajstić information content (AvgIpc) is 2.78. The SMILES string of the molecule is Cc1cc([C@@H](C)Nc2ccccc2C(=O)OC(C)(C)C)c2nc(N3CCC(C)(C)CC3)cc(=O)n2c1. The Labute approximate surface area is 213 Å². The monoisotopic (exact) mass is 490 g/mol. The molecule has 0 bridgehead atoms. The van der Waals surface area contributed by atoms with E-state index in [1.807, 2.05) is 59.0 Å². The number of nitrogens with one attached hydrogen (secondary N) is 1. The Bertz CT molecular complexity index is 1330. The lowest BCUT2D eigenvalue weighted by Gasteiger charge is -2.37. The summed E-state index contributed by atoms with van der Waals surface area (Å²) in [4.78, 5) is 33.2. The smallest absolute Gasteiger partial charge is 0.340 e. The first-order valence-corrected chi connectivity index (χ1v) is 12.7. The molecule has 1 atom stereocenters. The van der Waals surface area contributed by atoms with Crippen molar-refractivity contribution < 1.29 is 9.53 Å². The molecule has 36 heavy (non-hydrogen) atoms. The molecule has 0 amide bonds. The molecule has 0 spiro atoms. The van der Waals surface area contributed by atoms with Gasteiger partial charge in [-0.3, -0.25) is 9.20 Å². The molecular formula is C29H38N4O3. The summed E-state index contributed by atoms with van der Waals surface area (Å²) < 4.78 is 7.24. The number of nitrogens with zero attached hydrogens (tertiary/aromatic N) is 3. The van der Waals surface area contributed by atoms with E-state index in [9.17, 15) is 9.59 Å². The van der Waals surface area contributed by atoms with E-state index in [1.54, 1.807) is 16.5 Å². The van der Waals surface area contributed by atoms with Gasteiger partial charge in [-0.15, -0.1) is 0 Å². The maximum Gasteiger partial charge on any atom is 0.340 e. The molecule has 0 radical (unpaired) electrons. The van der Waals surface area contributed by atoms with E-state index < -0.39 is 5.60 Å². The van der Waals surface area contributed by atoms with E-state index in [-0.39, 0.29) is 17.6 Å². The lowest BCUT2D eigenvalue weighted by Crippen LogP contribution is -2.38. The lowest BCUT2D eigenvalue weighted by atomic mass is 9.83. The minimum Gasteiger partial charge on any atom is -0.456 e. The topological polar surface area (TPSA) is 75.9 Å². The number of para-hydroxylation sites is 1. The van der Waals surface area contributed by atoms with Gasteiger partial charge in [-0.25, -0.2) is 9.78 Å². The van der Waals surface area contributed by atoms with E-state index >= 15 is 0 Å². The second kappa shape index (κ2) is 9.60. The normalized spacial score (nSPS) is 16.6. The summed E-state index contributed by atoms with van der Waals surface area (Å²) in [6.07, 6.45) is 3.96. The number of hydrogen-bond donors (Lipinski definition) is 1. The largest absolute Gasteiger partial charge is 0.456 e. The van der Waals surface area contributed by atoms with Crippen LogP contribution in [0.2, 0.25) is 0 Å². The molecule has 0 aliphatic carbocycles. The van der Waals surface area contributed by atoms with Gasteiger partial charge in [0.05, 0.1) is 11.6 Å². The van der Waals surface area contributed by atoms with Crippen molar-refractivity contribution in [1.29, 1.82) is 0 Å². The van der Waals surface area contributed by atoms with Crippen LogP contribution in [0.1, 0.15) is 81.9 Å². The number of benzene rings is 1. The molecule has 1 aliphatic heterocycles. The zero-order valence-electron chi connectivity index (χ0n) is 22.5. The fourth-order valence-corrected chi connectivity index (χ4v) is 4.61. The van der Waals surface area contributed by atoms with Gasteiger partial charge in [0, 0.05) is 36.6 Å². The van der Waals surface area contributed by atoms with Crippen LogP contribution in [0.25, 0.3) is 5.65 Å². The van der Waals surface area contributed by atoms with E-state index in [4.69, 9.17) is 9.72 Å². The number of aromatic nitrogens is 2. The predicted molar refractivity (Wildman–Crippen MR) is 145 cm³/mol. The number of ether oxygens (including phenoxy) is 1. The first-order valence-electron chi connectivity index (χ1n) is 12.7. The number of carbonyl (C=O) groups is 1. The highest BCUT2D eigenvalue weighted by atomic mass is 16.6. The number of aryl methyl sites for hydroxylation is 1. The summed E-state index contributed by atoms with van der Waals surface area (Å²) >= 11 is 0. The lowest BCUT2D eigenvalue weighted by molar-refractivity contribution is 0.00706. The molecular weight excluding hydrogens is 452 g/mol. The molecule has 3 heterocycles. The maximum absolute atomic E-state index is 13.1.